The van der Waals surface area contributed by atoms with E-state index in [2.05, 4.69) is 20.5 Å². The average molecular weight is 422 g/mol. The number of carbonyl (C=O) groups is 2. The molecule has 164 valence electrons. The quantitative estimate of drug-likeness (QED) is 0.718. The van der Waals surface area contributed by atoms with Gasteiger partial charge in [-0.2, -0.15) is 0 Å². The summed E-state index contributed by atoms with van der Waals surface area (Å²) < 4.78 is 0. The van der Waals surface area contributed by atoms with Gasteiger partial charge in [0.2, 0.25) is 0 Å². The summed E-state index contributed by atoms with van der Waals surface area (Å²) in [6, 6.07) is 12.0. The zero-order valence-electron chi connectivity index (χ0n) is 18.3. The maximum atomic E-state index is 12.6. The van der Waals surface area contributed by atoms with Crippen LogP contribution in [-0.2, 0) is 0 Å². The number of nitrogens with one attached hydrogen (secondary N) is 2. The van der Waals surface area contributed by atoms with Gasteiger partial charge >= 0.3 is 0 Å². The first-order chi connectivity index (χ1) is 15.0. The number of hydrogen-bond acceptors (Lipinski definition) is 5. The average Bonchev–Trinajstić information content (AvgIpc) is 3.27. The van der Waals surface area contributed by atoms with Crippen molar-refractivity contribution < 1.29 is 9.59 Å². The molecule has 1 unspecified atom stereocenters. The fraction of sp³-hybridized carbons (Fsp3) is 0.458. The minimum atomic E-state index is -0.303. The van der Waals surface area contributed by atoms with Gasteiger partial charge in [0.15, 0.2) is 0 Å². The SMILES string of the molecule is CN(C)c1ccccc1NC(=O)c1ccc(C(=O)NCC2CCN2C2CCCC2)cn1. The Morgan fingerprint density at radius 1 is 1.06 bits per heavy atom. The number of anilines is 2. The van der Waals surface area contributed by atoms with Gasteiger partial charge in [0.25, 0.3) is 11.8 Å². The lowest BCUT2D eigenvalue weighted by molar-refractivity contribution is 0.0425. The van der Waals surface area contributed by atoms with Crippen molar-refractivity contribution in [3.8, 4) is 0 Å². The number of likely N-dealkylation sites (tertiary alicyclic amines) is 1. The van der Waals surface area contributed by atoms with Gasteiger partial charge in [-0.25, -0.2) is 0 Å². The van der Waals surface area contributed by atoms with Gasteiger partial charge in [0.05, 0.1) is 16.9 Å². The molecule has 31 heavy (non-hydrogen) atoms. The first kappa shape index (κ1) is 21.3. The molecule has 1 aromatic carbocycles. The number of aromatic nitrogens is 1. The van der Waals surface area contributed by atoms with Crippen LogP contribution in [0.3, 0.4) is 0 Å². The van der Waals surface area contributed by atoms with E-state index < -0.39 is 0 Å². The Hall–Kier alpha value is -2.93. The Labute approximate surface area is 183 Å². The molecule has 1 aromatic heterocycles. The van der Waals surface area contributed by atoms with E-state index >= 15 is 0 Å². The second kappa shape index (κ2) is 9.47. The second-order valence-corrected chi connectivity index (χ2v) is 8.63. The molecule has 1 saturated heterocycles. The number of pyridine rings is 1. The lowest BCUT2D eigenvalue weighted by Gasteiger charge is -2.45. The summed E-state index contributed by atoms with van der Waals surface area (Å²) in [5.41, 5.74) is 2.37. The molecular formula is C24H31N5O2. The Balaban J connectivity index is 1.31. The number of rotatable bonds is 7. The minimum absolute atomic E-state index is 0.143. The maximum absolute atomic E-state index is 12.6. The van der Waals surface area contributed by atoms with E-state index in [9.17, 15) is 9.59 Å². The Bertz CT molecular complexity index is 922. The molecule has 1 aliphatic heterocycles. The zero-order chi connectivity index (χ0) is 21.8. The highest BCUT2D eigenvalue weighted by Gasteiger charge is 2.35. The van der Waals surface area contributed by atoms with Crippen LogP contribution in [-0.4, -0.2) is 61.0 Å². The van der Waals surface area contributed by atoms with Crippen molar-refractivity contribution in [3.63, 3.8) is 0 Å². The molecule has 1 atom stereocenters. The van der Waals surface area contributed by atoms with E-state index in [4.69, 9.17) is 0 Å². The number of hydrogen-bond donors (Lipinski definition) is 2. The van der Waals surface area contributed by atoms with Gasteiger partial charge in [0, 0.05) is 45.5 Å². The Morgan fingerprint density at radius 2 is 1.84 bits per heavy atom. The third kappa shape index (κ3) is 4.88. The van der Waals surface area contributed by atoms with Crippen molar-refractivity contribution in [3.05, 3.63) is 53.9 Å². The van der Waals surface area contributed by atoms with Crippen LogP contribution >= 0.6 is 0 Å². The van der Waals surface area contributed by atoms with Crippen LogP contribution in [0.15, 0.2) is 42.6 Å². The van der Waals surface area contributed by atoms with Crippen molar-refractivity contribution in [2.45, 2.75) is 44.2 Å². The molecule has 7 nitrogen and oxygen atoms in total. The summed E-state index contributed by atoms with van der Waals surface area (Å²) in [5, 5.41) is 5.93. The third-order valence-electron chi connectivity index (χ3n) is 6.37. The molecular weight excluding hydrogens is 390 g/mol. The van der Waals surface area contributed by atoms with E-state index in [1.165, 1.54) is 31.9 Å². The van der Waals surface area contributed by atoms with Crippen LogP contribution in [0.25, 0.3) is 0 Å². The van der Waals surface area contributed by atoms with Gasteiger partial charge in [-0.1, -0.05) is 25.0 Å². The summed E-state index contributed by atoms with van der Waals surface area (Å²) in [6.07, 6.45) is 7.84. The third-order valence-corrected chi connectivity index (χ3v) is 6.37. The van der Waals surface area contributed by atoms with E-state index in [0.717, 1.165) is 18.7 Å². The lowest BCUT2D eigenvalue weighted by atomic mass is 9.98. The molecule has 0 spiro atoms. The molecule has 2 N–H and O–H groups in total. The molecule has 1 saturated carbocycles. The molecule has 0 bridgehead atoms. The highest BCUT2D eigenvalue weighted by molar-refractivity contribution is 6.05. The summed E-state index contributed by atoms with van der Waals surface area (Å²) in [4.78, 5) is 33.8. The van der Waals surface area contributed by atoms with Crippen LogP contribution in [0.5, 0.6) is 0 Å². The standard InChI is InChI=1S/C24H31N5O2/c1-28(2)22-10-6-5-9-20(22)27-24(31)21-12-11-17(15-25-21)23(30)26-16-19-13-14-29(19)18-7-3-4-8-18/h5-6,9-12,15,18-19H,3-4,7-8,13-14,16H2,1-2H3,(H,26,30)(H,27,31). The van der Waals surface area contributed by atoms with E-state index in [1.807, 2.05) is 43.3 Å². The van der Waals surface area contributed by atoms with Crippen molar-refractivity contribution in [1.82, 2.24) is 15.2 Å². The Kier molecular flexibility index (Phi) is 6.51. The zero-order valence-corrected chi connectivity index (χ0v) is 18.3. The van der Waals surface area contributed by atoms with Crippen molar-refractivity contribution in [1.29, 1.82) is 0 Å². The summed E-state index contributed by atoms with van der Waals surface area (Å²) in [5.74, 6) is -0.446. The van der Waals surface area contributed by atoms with Crippen LogP contribution in [0.4, 0.5) is 11.4 Å². The van der Waals surface area contributed by atoms with Crippen molar-refractivity contribution in [2.75, 3.05) is 37.4 Å². The van der Waals surface area contributed by atoms with Gasteiger partial charge in [-0.05, 0) is 43.5 Å². The van der Waals surface area contributed by atoms with E-state index in [-0.39, 0.29) is 17.5 Å². The van der Waals surface area contributed by atoms with E-state index in [1.54, 1.807) is 12.1 Å². The monoisotopic (exact) mass is 421 g/mol. The number of nitrogens with zero attached hydrogens (tertiary/aromatic N) is 3. The lowest BCUT2D eigenvalue weighted by Crippen LogP contribution is -2.56. The van der Waals surface area contributed by atoms with Crippen LogP contribution in [0.1, 0.15) is 53.0 Å². The topological polar surface area (TPSA) is 77.6 Å². The Morgan fingerprint density at radius 3 is 2.48 bits per heavy atom. The first-order valence-electron chi connectivity index (χ1n) is 11.1. The summed E-state index contributed by atoms with van der Waals surface area (Å²) in [6.45, 7) is 1.81. The molecule has 7 heteroatoms. The van der Waals surface area contributed by atoms with Gasteiger partial charge in [-0.3, -0.25) is 19.5 Å². The smallest absolute Gasteiger partial charge is 0.274 e. The molecule has 0 radical (unpaired) electrons. The fourth-order valence-electron chi connectivity index (χ4n) is 4.53. The van der Waals surface area contributed by atoms with E-state index in [0.29, 0.717) is 29.9 Å². The molecule has 2 aliphatic rings. The normalized spacial score (nSPS) is 19.0. The maximum Gasteiger partial charge on any atom is 0.274 e. The highest BCUT2D eigenvalue weighted by Crippen LogP contribution is 2.30. The number of para-hydroxylation sites is 2. The molecule has 2 aromatic rings. The second-order valence-electron chi connectivity index (χ2n) is 8.63. The van der Waals surface area contributed by atoms with Crippen molar-refractivity contribution >= 4 is 23.2 Å². The van der Waals surface area contributed by atoms with Crippen LogP contribution in [0, 0.1) is 0 Å². The highest BCUT2D eigenvalue weighted by atomic mass is 16.2. The number of amides is 2. The molecule has 2 amide bonds. The van der Waals surface area contributed by atoms with Crippen molar-refractivity contribution in [2.24, 2.45) is 0 Å². The molecule has 2 heterocycles. The molecule has 1 aliphatic carbocycles. The fourth-order valence-corrected chi connectivity index (χ4v) is 4.53. The molecule has 2 fully saturated rings. The van der Waals surface area contributed by atoms with Gasteiger partial charge in [0.1, 0.15) is 5.69 Å². The summed E-state index contributed by atoms with van der Waals surface area (Å²) in [7, 11) is 3.85. The number of benzene rings is 1. The predicted octanol–water partition coefficient (Wildman–Crippen LogP) is 3.15. The summed E-state index contributed by atoms with van der Waals surface area (Å²) >= 11 is 0. The largest absolute Gasteiger partial charge is 0.376 e. The van der Waals surface area contributed by atoms with Crippen LogP contribution < -0.4 is 15.5 Å². The first-order valence-corrected chi connectivity index (χ1v) is 11.1. The minimum Gasteiger partial charge on any atom is -0.376 e. The number of carbonyl (C=O) groups excluding carboxylic acids is 2. The molecule has 4 rings (SSSR count). The van der Waals surface area contributed by atoms with Gasteiger partial charge < -0.3 is 15.5 Å². The van der Waals surface area contributed by atoms with Gasteiger partial charge in [-0.15, -0.1) is 0 Å². The van der Waals surface area contributed by atoms with Crippen LogP contribution in [0.2, 0.25) is 0 Å². The predicted molar refractivity (Wildman–Crippen MR) is 123 cm³/mol.